The number of alkyl halides is 3. The van der Waals surface area contributed by atoms with Gasteiger partial charge in [-0.3, -0.25) is 0 Å². The zero-order valence-electron chi connectivity index (χ0n) is 9.39. The molecular weight excluding hydrogens is 235 g/mol. The Labute approximate surface area is 97.6 Å². The van der Waals surface area contributed by atoms with Crippen LogP contribution in [0.15, 0.2) is 16.5 Å². The van der Waals surface area contributed by atoms with Gasteiger partial charge in [-0.1, -0.05) is 0 Å². The summed E-state index contributed by atoms with van der Waals surface area (Å²) in [4.78, 5) is 0. The van der Waals surface area contributed by atoms with Gasteiger partial charge in [0.1, 0.15) is 18.1 Å². The molecule has 0 aliphatic carbocycles. The molecule has 0 radical (unpaired) electrons. The number of hydrogen-bond acceptors (Lipinski definition) is 3. The number of rotatable bonds is 7. The Balaban J connectivity index is 2.04. The van der Waals surface area contributed by atoms with Crippen molar-refractivity contribution in [3.63, 3.8) is 0 Å². The minimum absolute atomic E-state index is 0.135. The SMILES string of the molecule is OCc1ccc(CNCCCCC(F)(F)F)o1. The van der Waals surface area contributed by atoms with E-state index in [4.69, 9.17) is 9.52 Å². The van der Waals surface area contributed by atoms with Crippen LogP contribution in [0.2, 0.25) is 0 Å². The Kier molecular flexibility index (Phi) is 5.50. The Hall–Kier alpha value is -1.01. The number of nitrogens with one attached hydrogen (secondary N) is 1. The molecule has 1 rings (SSSR count). The molecule has 0 aliphatic rings. The summed E-state index contributed by atoms with van der Waals surface area (Å²) < 4.78 is 40.6. The van der Waals surface area contributed by atoms with E-state index < -0.39 is 12.6 Å². The molecule has 0 amide bonds. The summed E-state index contributed by atoms with van der Waals surface area (Å²) in [6.45, 7) is 0.836. The van der Waals surface area contributed by atoms with Gasteiger partial charge in [0, 0.05) is 6.42 Å². The summed E-state index contributed by atoms with van der Waals surface area (Å²) in [5.41, 5.74) is 0. The van der Waals surface area contributed by atoms with Crippen LogP contribution in [-0.4, -0.2) is 17.8 Å². The first-order valence-corrected chi connectivity index (χ1v) is 5.47. The molecule has 0 aliphatic heterocycles. The van der Waals surface area contributed by atoms with Crippen molar-refractivity contribution in [3.05, 3.63) is 23.7 Å². The van der Waals surface area contributed by atoms with Crippen molar-refractivity contribution in [3.8, 4) is 0 Å². The largest absolute Gasteiger partial charge is 0.462 e. The standard InChI is InChI=1S/C11H16F3NO2/c12-11(13,14)5-1-2-6-15-7-9-3-4-10(8-16)17-9/h3-4,15-16H,1-2,5-8H2. The Bertz CT molecular complexity index is 323. The van der Waals surface area contributed by atoms with Crippen LogP contribution in [0.3, 0.4) is 0 Å². The molecule has 0 unspecified atom stereocenters. The van der Waals surface area contributed by atoms with Crippen molar-refractivity contribution in [1.29, 1.82) is 0 Å². The average Bonchev–Trinajstić information content (AvgIpc) is 2.69. The topological polar surface area (TPSA) is 45.4 Å². The van der Waals surface area contributed by atoms with Gasteiger partial charge >= 0.3 is 6.18 Å². The first-order valence-electron chi connectivity index (χ1n) is 5.47. The predicted molar refractivity (Wildman–Crippen MR) is 56.2 cm³/mol. The molecule has 1 aromatic heterocycles. The van der Waals surface area contributed by atoms with Crippen LogP contribution < -0.4 is 5.32 Å². The number of aliphatic hydroxyl groups excluding tert-OH is 1. The van der Waals surface area contributed by atoms with Crippen molar-refractivity contribution >= 4 is 0 Å². The monoisotopic (exact) mass is 251 g/mol. The van der Waals surface area contributed by atoms with Gasteiger partial charge in [-0.05, 0) is 31.5 Å². The maximum Gasteiger partial charge on any atom is 0.389 e. The smallest absolute Gasteiger partial charge is 0.389 e. The van der Waals surface area contributed by atoms with Crippen molar-refractivity contribution in [2.45, 2.75) is 38.6 Å². The summed E-state index contributed by atoms with van der Waals surface area (Å²) in [7, 11) is 0. The molecule has 3 nitrogen and oxygen atoms in total. The molecule has 0 fully saturated rings. The summed E-state index contributed by atoms with van der Waals surface area (Å²) in [5, 5.41) is 11.7. The van der Waals surface area contributed by atoms with Crippen molar-refractivity contribution in [2.75, 3.05) is 6.54 Å². The molecule has 98 valence electrons. The highest BCUT2D eigenvalue weighted by molar-refractivity contribution is 5.05. The highest BCUT2D eigenvalue weighted by Crippen LogP contribution is 2.21. The number of aliphatic hydroxyl groups is 1. The van der Waals surface area contributed by atoms with Crippen LogP contribution in [0.1, 0.15) is 30.8 Å². The van der Waals surface area contributed by atoms with Gasteiger partial charge in [-0.2, -0.15) is 13.2 Å². The molecule has 0 atom stereocenters. The lowest BCUT2D eigenvalue weighted by Gasteiger charge is -2.06. The van der Waals surface area contributed by atoms with Gasteiger partial charge < -0.3 is 14.8 Å². The third-order valence-corrected chi connectivity index (χ3v) is 2.24. The van der Waals surface area contributed by atoms with Gasteiger partial charge in [0.25, 0.3) is 0 Å². The molecule has 0 saturated carbocycles. The van der Waals surface area contributed by atoms with Gasteiger partial charge in [0.2, 0.25) is 0 Å². The summed E-state index contributed by atoms with van der Waals surface area (Å²) in [5.74, 6) is 1.16. The number of halogens is 3. The summed E-state index contributed by atoms with van der Waals surface area (Å²) in [6.07, 6.45) is -4.18. The number of furan rings is 1. The fourth-order valence-electron chi connectivity index (χ4n) is 1.39. The Morgan fingerprint density at radius 2 is 1.88 bits per heavy atom. The van der Waals surface area contributed by atoms with Crippen molar-refractivity contribution in [2.24, 2.45) is 0 Å². The third-order valence-electron chi connectivity index (χ3n) is 2.24. The molecule has 0 saturated heterocycles. The summed E-state index contributed by atoms with van der Waals surface area (Å²) >= 11 is 0. The van der Waals surface area contributed by atoms with E-state index in [-0.39, 0.29) is 13.0 Å². The molecule has 0 spiro atoms. The van der Waals surface area contributed by atoms with E-state index in [1.807, 2.05) is 0 Å². The van der Waals surface area contributed by atoms with Gasteiger partial charge in [0.05, 0.1) is 6.54 Å². The Morgan fingerprint density at radius 3 is 2.47 bits per heavy atom. The zero-order chi connectivity index (χ0) is 12.7. The van der Waals surface area contributed by atoms with Gasteiger partial charge in [0.15, 0.2) is 0 Å². The minimum Gasteiger partial charge on any atom is -0.462 e. The molecule has 0 bridgehead atoms. The van der Waals surface area contributed by atoms with Crippen LogP contribution in [-0.2, 0) is 13.2 Å². The first-order chi connectivity index (χ1) is 8.01. The average molecular weight is 251 g/mol. The first kappa shape index (κ1) is 14.1. The molecular formula is C11H16F3NO2. The normalized spacial score (nSPS) is 12.0. The van der Waals surface area contributed by atoms with E-state index in [2.05, 4.69) is 5.32 Å². The highest BCUT2D eigenvalue weighted by Gasteiger charge is 2.25. The van der Waals surface area contributed by atoms with E-state index >= 15 is 0 Å². The van der Waals surface area contributed by atoms with Crippen LogP contribution in [0.25, 0.3) is 0 Å². The molecule has 1 aromatic rings. The Morgan fingerprint density at radius 1 is 1.18 bits per heavy atom. The second kappa shape index (κ2) is 6.66. The maximum absolute atomic E-state index is 11.8. The lowest BCUT2D eigenvalue weighted by molar-refractivity contribution is -0.135. The van der Waals surface area contributed by atoms with Crippen LogP contribution >= 0.6 is 0 Å². The lowest BCUT2D eigenvalue weighted by Crippen LogP contribution is -2.15. The predicted octanol–water partition coefficient (Wildman–Crippen LogP) is 2.59. The van der Waals surface area contributed by atoms with E-state index in [1.54, 1.807) is 12.1 Å². The van der Waals surface area contributed by atoms with Gasteiger partial charge in [-0.25, -0.2) is 0 Å². The van der Waals surface area contributed by atoms with E-state index in [0.717, 1.165) is 0 Å². The zero-order valence-corrected chi connectivity index (χ0v) is 9.39. The van der Waals surface area contributed by atoms with Crippen molar-refractivity contribution < 1.29 is 22.7 Å². The summed E-state index contributed by atoms with van der Waals surface area (Å²) in [6, 6.07) is 3.40. The second-order valence-electron chi connectivity index (χ2n) is 3.78. The molecule has 2 N–H and O–H groups in total. The quantitative estimate of drug-likeness (QED) is 0.732. The second-order valence-corrected chi connectivity index (χ2v) is 3.78. The molecule has 0 aromatic carbocycles. The van der Waals surface area contributed by atoms with Gasteiger partial charge in [-0.15, -0.1) is 0 Å². The number of hydrogen-bond donors (Lipinski definition) is 2. The third kappa shape index (κ3) is 6.33. The van der Waals surface area contributed by atoms with E-state index in [0.29, 0.717) is 31.0 Å². The molecule has 1 heterocycles. The van der Waals surface area contributed by atoms with E-state index in [9.17, 15) is 13.2 Å². The molecule has 17 heavy (non-hydrogen) atoms. The lowest BCUT2D eigenvalue weighted by atomic mass is 10.2. The maximum atomic E-state index is 11.8. The van der Waals surface area contributed by atoms with Crippen LogP contribution in [0, 0.1) is 0 Å². The fourth-order valence-corrected chi connectivity index (χ4v) is 1.39. The van der Waals surface area contributed by atoms with Crippen LogP contribution in [0.5, 0.6) is 0 Å². The fraction of sp³-hybridized carbons (Fsp3) is 0.636. The number of unbranched alkanes of at least 4 members (excludes halogenated alkanes) is 1. The molecule has 6 heteroatoms. The van der Waals surface area contributed by atoms with Crippen molar-refractivity contribution in [1.82, 2.24) is 5.32 Å². The highest BCUT2D eigenvalue weighted by atomic mass is 19.4. The van der Waals surface area contributed by atoms with E-state index in [1.165, 1.54) is 0 Å². The van der Waals surface area contributed by atoms with Crippen LogP contribution in [0.4, 0.5) is 13.2 Å². The minimum atomic E-state index is -4.06.